The summed E-state index contributed by atoms with van der Waals surface area (Å²) in [5.74, 6) is 0.673. The van der Waals surface area contributed by atoms with Gasteiger partial charge in [0.05, 0.1) is 12.0 Å². The third-order valence-corrected chi connectivity index (χ3v) is 5.52. The lowest BCUT2D eigenvalue weighted by molar-refractivity contribution is 0.419. The van der Waals surface area contributed by atoms with Crippen molar-refractivity contribution < 1.29 is 13.2 Å². The van der Waals surface area contributed by atoms with Crippen LogP contribution in [-0.2, 0) is 10.0 Å². The fraction of sp³-hybridized carbons (Fsp3) is 0.375. The highest BCUT2D eigenvalue weighted by atomic mass is 32.2. The Kier molecular flexibility index (Phi) is 4.33. The summed E-state index contributed by atoms with van der Waals surface area (Å²) >= 11 is 0. The van der Waals surface area contributed by atoms with Gasteiger partial charge in [0.1, 0.15) is 5.75 Å². The first-order valence-electron chi connectivity index (χ1n) is 7.40. The van der Waals surface area contributed by atoms with Crippen molar-refractivity contribution >= 4 is 20.8 Å². The van der Waals surface area contributed by atoms with Gasteiger partial charge < -0.3 is 10.1 Å². The molecule has 1 fully saturated rings. The first-order chi connectivity index (χ1) is 10.6. The highest BCUT2D eigenvalue weighted by Crippen LogP contribution is 2.30. The van der Waals surface area contributed by atoms with Crippen LogP contribution < -0.4 is 14.8 Å². The van der Waals surface area contributed by atoms with Gasteiger partial charge in [0.2, 0.25) is 10.0 Å². The number of hydrogen-bond acceptors (Lipinski definition) is 4. The van der Waals surface area contributed by atoms with Crippen LogP contribution in [0.3, 0.4) is 0 Å². The molecule has 6 heteroatoms. The van der Waals surface area contributed by atoms with Gasteiger partial charge in [0.15, 0.2) is 0 Å². The van der Waals surface area contributed by atoms with E-state index in [4.69, 9.17) is 4.74 Å². The summed E-state index contributed by atoms with van der Waals surface area (Å²) in [7, 11) is -1.96. The standard InChI is InChI=1S/C16H20N2O3S/c1-21-15-8-9-16(14-7-3-2-6-13(14)15)22(19,20)18-11-12-5-4-10-17-12/h2-3,6-9,12,17-18H,4-5,10-11H2,1H3. The molecule has 118 valence electrons. The molecule has 3 rings (SSSR count). The maximum absolute atomic E-state index is 12.6. The van der Waals surface area contributed by atoms with E-state index in [9.17, 15) is 8.42 Å². The van der Waals surface area contributed by atoms with Crippen molar-refractivity contribution in [2.75, 3.05) is 20.2 Å². The van der Waals surface area contributed by atoms with Crippen LogP contribution in [0, 0.1) is 0 Å². The second-order valence-corrected chi connectivity index (χ2v) is 7.19. The van der Waals surface area contributed by atoms with Crippen molar-refractivity contribution in [1.82, 2.24) is 10.0 Å². The summed E-state index contributed by atoms with van der Waals surface area (Å²) in [6.45, 7) is 1.38. The van der Waals surface area contributed by atoms with Crippen molar-refractivity contribution in [1.29, 1.82) is 0 Å². The van der Waals surface area contributed by atoms with Crippen LogP contribution in [0.1, 0.15) is 12.8 Å². The highest BCUT2D eigenvalue weighted by Gasteiger charge is 2.21. The molecular weight excluding hydrogens is 300 g/mol. The van der Waals surface area contributed by atoms with Crippen LogP contribution in [0.2, 0.25) is 0 Å². The smallest absolute Gasteiger partial charge is 0.241 e. The van der Waals surface area contributed by atoms with Crippen LogP contribution in [0.5, 0.6) is 5.75 Å². The predicted octanol–water partition coefficient (Wildman–Crippen LogP) is 1.88. The minimum Gasteiger partial charge on any atom is -0.496 e. The Labute approximate surface area is 130 Å². The molecule has 0 radical (unpaired) electrons. The van der Waals surface area contributed by atoms with Crippen molar-refractivity contribution in [3.05, 3.63) is 36.4 Å². The summed E-state index contributed by atoms with van der Waals surface area (Å²) in [4.78, 5) is 0.293. The van der Waals surface area contributed by atoms with E-state index in [0.717, 1.165) is 24.8 Å². The highest BCUT2D eigenvalue weighted by molar-refractivity contribution is 7.89. The van der Waals surface area contributed by atoms with E-state index in [1.54, 1.807) is 25.3 Å². The summed E-state index contributed by atoms with van der Waals surface area (Å²) < 4.78 is 33.3. The van der Waals surface area contributed by atoms with Crippen LogP contribution in [0.15, 0.2) is 41.3 Å². The quantitative estimate of drug-likeness (QED) is 0.883. The largest absolute Gasteiger partial charge is 0.496 e. The number of nitrogens with one attached hydrogen (secondary N) is 2. The molecule has 0 spiro atoms. The van der Waals surface area contributed by atoms with Crippen LogP contribution >= 0.6 is 0 Å². The second kappa shape index (κ2) is 6.24. The first kappa shape index (κ1) is 15.3. The van der Waals surface area contributed by atoms with E-state index < -0.39 is 10.0 Å². The normalized spacial score (nSPS) is 18.7. The number of ether oxygens (including phenoxy) is 1. The van der Waals surface area contributed by atoms with Gasteiger partial charge in [-0.05, 0) is 31.5 Å². The minimum atomic E-state index is -3.54. The monoisotopic (exact) mass is 320 g/mol. The Bertz CT molecular complexity index is 768. The topological polar surface area (TPSA) is 67.4 Å². The lowest BCUT2D eigenvalue weighted by atomic mass is 10.1. The lowest BCUT2D eigenvalue weighted by Crippen LogP contribution is -2.37. The summed E-state index contributed by atoms with van der Waals surface area (Å²) in [6.07, 6.45) is 2.10. The molecule has 2 aromatic carbocycles. The molecule has 0 bridgehead atoms. The van der Waals surface area contributed by atoms with Gasteiger partial charge in [-0.2, -0.15) is 0 Å². The van der Waals surface area contributed by atoms with E-state index in [0.29, 0.717) is 22.6 Å². The van der Waals surface area contributed by atoms with Crippen molar-refractivity contribution in [3.63, 3.8) is 0 Å². The molecule has 5 nitrogen and oxygen atoms in total. The van der Waals surface area contributed by atoms with Crippen molar-refractivity contribution in [2.45, 2.75) is 23.8 Å². The molecule has 1 unspecified atom stereocenters. The number of fused-ring (bicyclic) bond motifs is 1. The fourth-order valence-electron chi connectivity index (χ4n) is 2.88. The molecule has 0 aliphatic carbocycles. The molecule has 0 aromatic heterocycles. The van der Waals surface area contributed by atoms with Gasteiger partial charge >= 0.3 is 0 Å². The molecule has 2 aromatic rings. The molecule has 0 amide bonds. The first-order valence-corrected chi connectivity index (χ1v) is 8.89. The van der Waals surface area contributed by atoms with Gasteiger partial charge in [-0.15, -0.1) is 0 Å². The summed E-state index contributed by atoms with van der Waals surface area (Å²) in [5.41, 5.74) is 0. The van der Waals surface area contributed by atoms with Gasteiger partial charge in [0.25, 0.3) is 0 Å². The maximum Gasteiger partial charge on any atom is 0.241 e. The third-order valence-electron chi connectivity index (χ3n) is 4.04. The van der Waals surface area contributed by atoms with Gasteiger partial charge in [-0.3, -0.25) is 0 Å². The molecule has 2 N–H and O–H groups in total. The molecule has 1 aliphatic rings. The van der Waals surface area contributed by atoms with Gasteiger partial charge in [0, 0.05) is 23.4 Å². The average molecular weight is 320 g/mol. The number of sulfonamides is 1. The lowest BCUT2D eigenvalue weighted by Gasteiger charge is -2.14. The molecule has 0 saturated carbocycles. The molecule has 1 saturated heterocycles. The van der Waals surface area contributed by atoms with E-state index in [1.165, 1.54) is 0 Å². The fourth-order valence-corrected chi connectivity index (χ4v) is 4.17. The molecule has 1 atom stereocenters. The Morgan fingerprint density at radius 1 is 1.23 bits per heavy atom. The number of hydrogen-bond donors (Lipinski definition) is 2. The zero-order chi connectivity index (χ0) is 15.6. The molecule has 1 aliphatic heterocycles. The van der Waals surface area contributed by atoms with Crippen molar-refractivity contribution in [2.24, 2.45) is 0 Å². The molecule has 22 heavy (non-hydrogen) atoms. The Morgan fingerprint density at radius 3 is 2.68 bits per heavy atom. The zero-order valence-corrected chi connectivity index (χ0v) is 13.3. The minimum absolute atomic E-state index is 0.222. The Balaban J connectivity index is 1.94. The predicted molar refractivity (Wildman–Crippen MR) is 86.7 cm³/mol. The summed E-state index contributed by atoms with van der Waals surface area (Å²) in [6, 6.07) is 10.9. The summed E-state index contributed by atoms with van der Waals surface area (Å²) in [5, 5.41) is 4.76. The number of methoxy groups -OCH3 is 1. The van der Waals surface area contributed by atoms with Crippen LogP contribution in [0.25, 0.3) is 10.8 Å². The Hall–Kier alpha value is -1.63. The second-order valence-electron chi connectivity index (χ2n) is 5.46. The van der Waals surface area contributed by atoms with E-state index >= 15 is 0 Å². The van der Waals surface area contributed by atoms with Crippen LogP contribution in [-0.4, -0.2) is 34.7 Å². The molecular formula is C16H20N2O3S. The third kappa shape index (κ3) is 2.95. The van der Waals surface area contributed by atoms with E-state index in [-0.39, 0.29) is 6.04 Å². The maximum atomic E-state index is 12.6. The van der Waals surface area contributed by atoms with Crippen LogP contribution in [0.4, 0.5) is 0 Å². The number of rotatable bonds is 5. The zero-order valence-electron chi connectivity index (χ0n) is 12.5. The van der Waals surface area contributed by atoms with E-state index in [1.807, 2.05) is 18.2 Å². The van der Waals surface area contributed by atoms with Gasteiger partial charge in [-0.25, -0.2) is 13.1 Å². The van der Waals surface area contributed by atoms with Gasteiger partial charge in [-0.1, -0.05) is 24.3 Å². The average Bonchev–Trinajstić information content (AvgIpc) is 3.05. The number of benzene rings is 2. The van der Waals surface area contributed by atoms with E-state index in [2.05, 4.69) is 10.0 Å². The molecule has 1 heterocycles. The Morgan fingerprint density at radius 2 is 2.00 bits per heavy atom. The van der Waals surface area contributed by atoms with Crippen molar-refractivity contribution in [3.8, 4) is 5.75 Å². The SMILES string of the molecule is COc1ccc(S(=O)(=O)NCC2CCCN2)c2ccccc12.